The molecule has 3 nitrogen and oxygen atoms in total. The van der Waals surface area contributed by atoms with Gasteiger partial charge in [-0.3, -0.25) is 0 Å². The van der Waals surface area contributed by atoms with E-state index in [4.69, 9.17) is 0 Å². The second-order valence-corrected chi connectivity index (χ2v) is 5.73. The summed E-state index contributed by atoms with van der Waals surface area (Å²) in [5.74, 6) is 0.767. The predicted octanol–water partition coefficient (Wildman–Crippen LogP) is 1.26. The fourth-order valence-electron chi connectivity index (χ4n) is 1.87. The molecule has 0 aromatic rings. The molecule has 0 aromatic heterocycles. The van der Waals surface area contributed by atoms with Gasteiger partial charge >= 0.3 is 0 Å². The van der Waals surface area contributed by atoms with Crippen molar-refractivity contribution >= 4 is 0 Å². The summed E-state index contributed by atoms with van der Waals surface area (Å²) in [6.45, 7) is 10.5. The Morgan fingerprint density at radius 1 is 1.12 bits per heavy atom. The molecule has 0 saturated heterocycles. The van der Waals surface area contributed by atoms with E-state index in [1.54, 1.807) is 0 Å². The van der Waals surface area contributed by atoms with Gasteiger partial charge in [0.05, 0.1) is 0 Å². The van der Waals surface area contributed by atoms with Crippen LogP contribution in [0.15, 0.2) is 0 Å². The zero-order valence-corrected chi connectivity index (χ0v) is 11.5. The minimum Gasteiger partial charge on any atom is -0.313 e. The molecule has 1 aliphatic rings. The topological polar surface area (TPSA) is 18.5 Å². The largest absolute Gasteiger partial charge is 0.313 e. The molecule has 0 radical (unpaired) electrons. The average Bonchev–Trinajstić information content (AvgIpc) is 2.96. The molecule has 1 rings (SSSR count). The maximum absolute atomic E-state index is 3.59. The van der Waals surface area contributed by atoms with E-state index in [0.717, 1.165) is 25.0 Å². The van der Waals surface area contributed by atoms with E-state index in [1.165, 1.54) is 32.5 Å². The molecule has 0 bridgehead atoms. The zero-order chi connectivity index (χ0) is 12.0. The molecule has 3 heteroatoms. The van der Waals surface area contributed by atoms with Crippen LogP contribution in [0.5, 0.6) is 0 Å². The fourth-order valence-corrected chi connectivity index (χ4v) is 1.87. The van der Waals surface area contributed by atoms with Gasteiger partial charge in [-0.25, -0.2) is 0 Å². The first kappa shape index (κ1) is 13.9. The third-order valence-corrected chi connectivity index (χ3v) is 2.93. The Morgan fingerprint density at radius 3 is 2.31 bits per heavy atom. The van der Waals surface area contributed by atoms with Gasteiger partial charge in [0, 0.05) is 38.8 Å². The van der Waals surface area contributed by atoms with Crippen LogP contribution >= 0.6 is 0 Å². The Hall–Kier alpha value is -0.120. The molecule has 0 aliphatic heterocycles. The van der Waals surface area contributed by atoms with Gasteiger partial charge in [0.2, 0.25) is 0 Å². The molecular formula is C13H29N3. The van der Waals surface area contributed by atoms with Crippen LogP contribution in [0, 0.1) is 5.92 Å². The van der Waals surface area contributed by atoms with Crippen molar-refractivity contribution in [2.75, 3.05) is 46.8 Å². The molecule has 96 valence electrons. The van der Waals surface area contributed by atoms with Gasteiger partial charge in [0.15, 0.2) is 0 Å². The van der Waals surface area contributed by atoms with E-state index in [0.29, 0.717) is 0 Å². The number of hydrogen-bond donors (Lipinski definition) is 1. The first-order valence-electron chi connectivity index (χ1n) is 6.68. The summed E-state index contributed by atoms with van der Waals surface area (Å²) in [5.41, 5.74) is 0. The van der Waals surface area contributed by atoms with E-state index >= 15 is 0 Å². The van der Waals surface area contributed by atoms with E-state index < -0.39 is 0 Å². The lowest BCUT2D eigenvalue weighted by atomic mass is 10.2. The van der Waals surface area contributed by atoms with Gasteiger partial charge in [0.1, 0.15) is 0 Å². The lowest BCUT2D eigenvalue weighted by Gasteiger charge is -2.25. The number of hydrogen-bond acceptors (Lipinski definition) is 3. The summed E-state index contributed by atoms with van der Waals surface area (Å²) >= 11 is 0. The summed E-state index contributed by atoms with van der Waals surface area (Å²) in [6.07, 6.45) is 2.78. The molecule has 0 spiro atoms. The quantitative estimate of drug-likeness (QED) is 0.640. The van der Waals surface area contributed by atoms with Crippen molar-refractivity contribution in [3.05, 3.63) is 0 Å². The van der Waals surface area contributed by atoms with Crippen LogP contribution < -0.4 is 5.32 Å². The predicted molar refractivity (Wildman–Crippen MR) is 70.9 cm³/mol. The van der Waals surface area contributed by atoms with Crippen molar-refractivity contribution in [3.63, 3.8) is 0 Å². The van der Waals surface area contributed by atoms with E-state index in [2.05, 4.69) is 43.1 Å². The molecule has 0 atom stereocenters. The molecule has 0 heterocycles. The minimum atomic E-state index is 0.767. The highest BCUT2D eigenvalue weighted by molar-refractivity contribution is 4.81. The van der Waals surface area contributed by atoms with Crippen molar-refractivity contribution in [1.29, 1.82) is 0 Å². The molecular weight excluding hydrogens is 198 g/mol. The summed E-state index contributed by atoms with van der Waals surface area (Å²) < 4.78 is 0. The third-order valence-electron chi connectivity index (χ3n) is 2.93. The molecule has 1 saturated carbocycles. The Labute approximate surface area is 101 Å². The molecule has 0 unspecified atom stereocenters. The smallest absolute Gasteiger partial charge is 0.0110 e. The standard InChI is InChI=1S/C13H29N3/c1-12(2)11-16(10-9-15(3)4)8-7-14-13-5-6-13/h12-14H,5-11H2,1-4H3. The van der Waals surface area contributed by atoms with Crippen LogP contribution in [0.4, 0.5) is 0 Å². The highest BCUT2D eigenvalue weighted by Crippen LogP contribution is 2.18. The minimum absolute atomic E-state index is 0.767. The van der Waals surface area contributed by atoms with Crippen LogP contribution in [-0.2, 0) is 0 Å². The average molecular weight is 227 g/mol. The molecule has 1 N–H and O–H groups in total. The number of likely N-dealkylation sites (N-methyl/N-ethyl adjacent to an activating group) is 1. The van der Waals surface area contributed by atoms with Gasteiger partial charge in [-0.2, -0.15) is 0 Å². The Kier molecular flexibility index (Phi) is 6.32. The van der Waals surface area contributed by atoms with E-state index in [1.807, 2.05) is 0 Å². The maximum Gasteiger partial charge on any atom is 0.0110 e. The van der Waals surface area contributed by atoms with Gasteiger partial charge in [-0.1, -0.05) is 13.8 Å². The summed E-state index contributed by atoms with van der Waals surface area (Å²) in [6, 6.07) is 0.842. The second kappa shape index (κ2) is 7.25. The molecule has 0 aromatic carbocycles. The van der Waals surface area contributed by atoms with Crippen LogP contribution in [0.25, 0.3) is 0 Å². The first-order chi connectivity index (χ1) is 7.58. The van der Waals surface area contributed by atoms with Crippen molar-refractivity contribution in [1.82, 2.24) is 15.1 Å². The highest BCUT2D eigenvalue weighted by Gasteiger charge is 2.20. The van der Waals surface area contributed by atoms with Crippen LogP contribution in [0.3, 0.4) is 0 Å². The fraction of sp³-hybridized carbons (Fsp3) is 1.00. The van der Waals surface area contributed by atoms with Crippen LogP contribution in [-0.4, -0.2) is 62.7 Å². The number of nitrogens with one attached hydrogen (secondary N) is 1. The van der Waals surface area contributed by atoms with Gasteiger partial charge < -0.3 is 15.1 Å². The lowest BCUT2D eigenvalue weighted by molar-refractivity contribution is 0.219. The summed E-state index contributed by atoms with van der Waals surface area (Å²) in [5, 5.41) is 3.59. The zero-order valence-electron chi connectivity index (χ0n) is 11.5. The Bertz CT molecular complexity index is 176. The van der Waals surface area contributed by atoms with E-state index in [9.17, 15) is 0 Å². The van der Waals surface area contributed by atoms with E-state index in [-0.39, 0.29) is 0 Å². The third kappa shape index (κ3) is 7.20. The normalized spacial score (nSPS) is 16.7. The maximum atomic E-state index is 3.59. The lowest BCUT2D eigenvalue weighted by Crippen LogP contribution is -2.39. The van der Waals surface area contributed by atoms with Gasteiger partial charge in [0.25, 0.3) is 0 Å². The molecule has 16 heavy (non-hydrogen) atoms. The number of rotatable bonds is 9. The van der Waals surface area contributed by atoms with Crippen molar-refractivity contribution in [2.24, 2.45) is 5.92 Å². The Balaban J connectivity index is 2.13. The SMILES string of the molecule is CC(C)CN(CCNC1CC1)CCN(C)C. The molecule has 0 amide bonds. The first-order valence-corrected chi connectivity index (χ1v) is 6.68. The monoisotopic (exact) mass is 227 g/mol. The second-order valence-electron chi connectivity index (χ2n) is 5.73. The number of nitrogens with zero attached hydrogens (tertiary/aromatic N) is 2. The van der Waals surface area contributed by atoms with Crippen LogP contribution in [0.1, 0.15) is 26.7 Å². The summed E-state index contributed by atoms with van der Waals surface area (Å²) in [4.78, 5) is 4.85. The molecule has 1 aliphatic carbocycles. The summed E-state index contributed by atoms with van der Waals surface area (Å²) in [7, 11) is 4.30. The Morgan fingerprint density at radius 2 is 1.81 bits per heavy atom. The van der Waals surface area contributed by atoms with Crippen molar-refractivity contribution < 1.29 is 0 Å². The van der Waals surface area contributed by atoms with Crippen molar-refractivity contribution in [3.8, 4) is 0 Å². The van der Waals surface area contributed by atoms with Crippen molar-refractivity contribution in [2.45, 2.75) is 32.7 Å². The van der Waals surface area contributed by atoms with Crippen LogP contribution in [0.2, 0.25) is 0 Å². The van der Waals surface area contributed by atoms with Gasteiger partial charge in [-0.15, -0.1) is 0 Å². The van der Waals surface area contributed by atoms with Gasteiger partial charge in [-0.05, 0) is 32.9 Å². The highest BCUT2D eigenvalue weighted by atomic mass is 15.2. The molecule has 1 fully saturated rings.